The van der Waals surface area contributed by atoms with E-state index in [4.69, 9.17) is 0 Å². The Morgan fingerprint density at radius 3 is 2.26 bits per heavy atom. The molecule has 0 amide bonds. The quantitative estimate of drug-likeness (QED) is 0.627. The average Bonchev–Trinajstić information content (AvgIpc) is 2.48. The van der Waals surface area contributed by atoms with Crippen LogP contribution in [0.1, 0.15) is 20.3 Å². The first-order chi connectivity index (χ1) is 8.82. The standard InChI is InChI=1S/C13H16F4N2/c1-13(2)7-19(5-3-4-18-13)12-10(16)8(14)6-9(15)11(12)17/h6,18H,3-5,7H2,1-2H3. The van der Waals surface area contributed by atoms with Gasteiger partial charge in [0.1, 0.15) is 5.69 Å². The highest BCUT2D eigenvalue weighted by Gasteiger charge is 2.30. The van der Waals surface area contributed by atoms with E-state index in [9.17, 15) is 17.6 Å². The molecule has 2 nitrogen and oxygen atoms in total. The van der Waals surface area contributed by atoms with Gasteiger partial charge in [-0.1, -0.05) is 0 Å². The van der Waals surface area contributed by atoms with Crippen molar-refractivity contribution in [3.63, 3.8) is 0 Å². The van der Waals surface area contributed by atoms with Crippen LogP contribution in [0.25, 0.3) is 0 Å². The first kappa shape index (κ1) is 14.1. The lowest BCUT2D eigenvalue weighted by Gasteiger charge is -2.31. The maximum atomic E-state index is 13.8. The Kier molecular flexibility index (Phi) is 3.71. The van der Waals surface area contributed by atoms with Crippen molar-refractivity contribution < 1.29 is 17.6 Å². The summed E-state index contributed by atoms with van der Waals surface area (Å²) < 4.78 is 54.0. The molecule has 1 aliphatic heterocycles. The van der Waals surface area contributed by atoms with E-state index < -0.39 is 34.5 Å². The fourth-order valence-electron chi connectivity index (χ4n) is 2.34. The van der Waals surface area contributed by atoms with Crippen molar-refractivity contribution in [2.24, 2.45) is 0 Å². The molecular weight excluding hydrogens is 260 g/mol. The summed E-state index contributed by atoms with van der Waals surface area (Å²) in [7, 11) is 0. The molecule has 0 aliphatic carbocycles. The minimum Gasteiger partial charge on any atom is -0.365 e. The summed E-state index contributed by atoms with van der Waals surface area (Å²) in [4.78, 5) is 1.36. The second-order valence-electron chi connectivity index (χ2n) is 5.40. The number of hydrogen-bond acceptors (Lipinski definition) is 2. The zero-order valence-electron chi connectivity index (χ0n) is 10.9. The van der Waals surface area contributed by atoms with Gasteiger partial charge in [-0.3, -0.25) is 0 Å². The van der Waals surface area contributed by atoms with Gasteiger partial charge in [0, 0.05) is 24.7 Å². The Labute approximate surface area is 109 Å². The smallest absolute Gasteiger partial charge is 0.185 e. The van der Waals surface area contributed by atoms with Crippen LogP contribution >= 0.6 is 0 Å². The molecule has 19 heavy (non-hydrogen) atoms. The van der Waals surface area contributed by atoms with Crippen molar-refractivity contribution in [3.8, 4) is 0 Å². The van der Waals surface area contributed by atoms with Crippen LogP contribution in [0.5, 0.6) is 0 Å². The Balaban J connectivity index is 2.45. The molecule has 2 rings (SSSR count). The normalized spacial score (nSPS) is 19.4. The third kappa shape index (κ3) is 2.83. The lowest BCUT2D eigenvalue weighted by molar-refractivity contribution is 0.408. The van der Waals surface area contributed by atoms with Crippen LogP contribution < -0.4 is 10.2 Å². The summed E-state index contributed by atoms with van der Waals surface area (Å²) in [5.74, 6) is -5.42. The fourth-order valence-corrected chi connectivity index (χ4v) is 2.34. The van der Waals surface area contributed by atoms with Crippen LogP contribution in [0.15, 0.2) is 6.07 Å². The van der Waals surface area contributed by atoms with Gasteiger partial charge in [-0.15, -0.1) is 0 Å². The van der Waals surface area contributed by atoms with E-state index in [-0.39, 0.29) is 12.6 Å². The second-order valence-corrected chi connectivity index (χ2v) is 5.40. The molecule has 1 aromatic rings. The maximum Gasteiger partial charge on any atom is 0.185 e. The summed E-state index contributed by atoms with van der Waals surface area (Å²) in [6, 6.07) is 0.232. The summed E-state index contributed by atoms with van der Waals surface area (Å²) >= 11 is 0. The van der Waals surface area contributed by atoms with Crippen LogP contribution in [0.3, 0.4) is 0 Å². The molecule has 0 saturated carbocycles. The van der Waals surface area contributed by atoms with E-state index in [1.807, 2.05) is 13.8 Å². The van der Waals surface area contributed by atoms with Gasteiger partial charge in [0.2, 0.25) is 0 Å². The molecule has 6 heteroatoms. The third-order valence-electron chi connectivity index (χ3n) is 3.20. The molecule has 1 saturated heterocycles. The molecule has 0 aromatic heterocycles. The molecule has 1 heterocycles. The lowest BCUT2D eigenvalue weighted by Crippen LogP contribution is -2.46. The largest absolute Gasteiger partial charge is 0.365 e. The molecule has 1 aromatic carbocycles. The molecule has 0 radical (unpaired) electrons. The zero-order chi connectivity index (χ0) is 14.2. The summed E-state index contributed by atoms with van der Waals surface area (Å²) in [6.45, 7) is 5.04. The zero-order valence-corrected chi connectivity index (χ0v) is 10.9. The molecule has 106 valence electrons. The predicted octanol–water partition coefficient (Wildman–Crippen LogP) is 2.82. The molecule has 0 unspecified atom stereocenters. The highest BCUT2D eigenvalue weighted by molar-refractivity contribution is 5.50. The molecular formula is C13H16F4N2. The molecule has 0 atom stereocenters. The van der Waals surface area contributed by atoms with Crippen molar-refractivity contribution in [2.75, 3.05) is 24.5 Å². The second kappa shape index (κ2) is 5.00. The van der Waals surface area contributed by atoms with Crippen LogP contribution in [0, 0.1) is 23.3 Å². The number of halogens is 4. The number of benzene rings is 1. The minimum absolute atomic E-state index is 0.232. The van der Waals surface area contributed by atoms with E-state index in [0.717, 1.165) is 0 Å². The molecule has 1 N–H and O–H groups in total. The highest BCUT2D eigenvalue weighted by atomic mass is 19.2. The Morgan fingerprint density at radius 2 is 1.68 bits per heavy atom. The molecule has 1 fully saturated rings. The van der Waals surface area contributed by atoms with Crippen molar-refractivity contribution in [1.29, 1.82) is 0 Å². The SMILES string of the molecule is CC1(C)CN(c2c(F)c(F)cc(F)c2F)CCCN1. The number of hydrogen-bond donors (Lipinski definition) is 1. The van der Waals surface area contributed by atoms with E-state index in [1.165, 1.54) is 4.90 Å². The van der Waals surface area contributed by atoms with Gasteiger partial charge in [0.15, 0.2) is 23.3 Å². The monoisotopic (exact) mass is 276 g/mol. The van der Waals surface area contributed by atoms with Crippen molar-refractivity contribution >= 4 is 5.69 Å². The first-order valence-electron chi connectivity index (χ1n) is 6.15. The maximum absolute atomic E-state index is 13.8. The summed E-state index contributed by atoms with van der Waals surface area (Å²) in [5.41, 5.74) is -1.01. The summed E-state index contributed by atoms with van der Waals surface area (Å²) in [6.07, 6.45) is 0.639. The minimum atomic E-state index is -1.37. The van der Waals surface area contributed by atoms with Gasteiger partial charge in [0.25, 0.3) is 0 Å². The number of anilines is 1. The number of nitrogens with zero attached hydrogens (tertiary/aromatic N) is 1. The van der Waals surface area contributed by atoms with Gasteiger partial charge >= 0.3 is 0 Å². The fraction of sp³-hybridized carbons (Fsp3) is 0.538. The Morgan fingerprint density at radius 1 is 1.11 bits per heavy atom. The van der Waals surface area contributed by atoms with Crippen molar-refractivity contribution in [1.82, 2.24) is 5.32 Å². The average molecular weight is 276 g/mol. The van der Waals surface area contributed by atoms with Crippen LogP contribution in [0.4, 0.5) is 23.2 Å². The predicted molar refractivity (Wildman–Crippen MR) is 65.2 cm³/mol. The molecule has 1 aliphatic rings. The lowest BCUT2D eigenvalue weighted by atomic mass is 10.1. The van der Waals surface area contributed by atoms with E-state index in [1.54, 1.807) is 0 Å². The Hall–Kier alpha value is -1.30. The van der Waals surface area contributed by atoms with E-state index in [0.29, 0.717) is 19.5 Å². The number of nitrogens with one attached hydrogen (secondary N) is 1. The van der Waals surface area contributed by atoms with Crippen molar-refractivity contribution in [2.45, 2.75) is 25.8 Å². The van der Waals surface area contributed by atoms with Gasteiger partial charge < -0.3 is 10.2 Å². The van der Waals surface area contributed by atoms with E-state index >= 15 is 0 Å². The van der Waals surface area contributed by atoms with Gasteiger partial charge in [-0.25, -0.2) is 17.6 Å². The summed E-state index contributed by atoms with van der Waals surface area (Å²) in [5, 5.41) is 3.21. The molecule has 0 spiro atoms. The topological polar surface area (TPSA) is 15.3 Å². The number of rotatable bonds is 1. The van der Waals surface area contributed by atoms with Gasteiger partial charge in [-0.2, -0.15) is 0 Å². The Bertz CT molecular complexity index is 462. The van der Waals surface area contributed by atoms with Gasteiger partial charge in [0.05, 0.1) is 0 Å². The first-order valence-corrected chi connectivity index (χ1v) is 6.15. The van der Waals surface area contributed by atoms with Crippen LogP contribution in [0.2, 0.25) is 0 Å². The van der Waals surface area contributed by atoms with Crippen LogP contribution in [-0.2, 0) is 0 Å². The third-order valence-corrected chi connectivity index (χ3v) is 3.20. The highest BCUT2D eigenvalue weighted by Crippen LogP contribution is 2.29. The van der Waals surface area contributed by atoms with Gasteiger partial charge in [-0.05, 0) is 26.8 Å². The van der Waals surface area contributed by atoms with E-state index in [2.05, 4.69) is 5.32 Å². The van der Waals surface area contributed by atoms with Crippen LogP contribution in [-0.4, -0.2) is 25.2 Å². The van der Waals surface area contributed by atoms with Crippen molar-refractivity contribution in [3.05, 3.63) is 29.3 Å². The molecule has 0 bridgehead atoms.